The Morgan fingerprint density at radius 2 is 1.88 bits per heavy atom. The zero-order valence-electron chi connectivity index (χ0n) is 8.71. The summed E-state index contributed by atoms with van der Waals surface area (Å²) in [5.74, 6) is -1.34. The van der Waals surface area contributed by atoms with Crippen molar-refractivity contribution in [2.45, 2.75) is 12.0 Å². The maximum atomic E-state index is 11.1. The molecule has 0 aliphatic heterocycles. The third-order valence-corrected chi connectivity index (χ3v) is 2.47. The molecule has 0 radical (unpaired) electrons. The van der Waals surface area contributed by atoms with Crippen LogP contribution >= 0.6 is 0 Å². The number of rotatable bonds is 5. The Hall–Kier alpha value is -1.43. The van der Waals surface area contributed by atoms with E-state index in [9.17, 15) is 9.90 Å². The minimum atomic E-state index is -1.12. The van der Waals surface area contributed by atoms with Crippen LogP contribution in [0.1, 0.15) is 21.8 Å². The summed E-state index contributed by atoms with van der Waals surface area (Å²) in [7, 11) is 0. The Labute approximate surface area is 93.1 Å². The molecule has 1 aromatic rings. The highest BCUT2D eigenvalue weighted by molar-refractivity contribution is 5.94. The van der Waals surface area contributed by atoms with Gasteiger partial charge in [-0.3, -0.25) is 4.79 Å². The SMILES string of the molecule is NC(=O)c1ccccc1C(CO)C(O)CO. The average Bonchev–Trinajstić information content (AvgIpc) is 2.30. The normalized spacial score (nSPS) is 14.4. The van der Waals surface area contributed by atoms with Crippen LogP contribution in [0.25, 0.3) is 0 Å². The van der Waals surface area contributed by atoms with Gasteiger partial charge in [0.1, 0.15) is 0 Å². The van der Waals surface area contributed by atoms with Crippen LogP contribution in [0.4, 0.5) is 0 Å². The molecule has 0 aliphatic carbocycles. The number of aliphatic hydroxyl groups is 3. The largest absolute Gasteiger partial charge is 0.396 e. The fraction of sp³-hybridized carbons (Fsp3) is 0.364. The summed E-state index contributed by atoms with van der Waals surface area (Å²) in [6.45, 7) is -0.857. The van der Waals surface area contributed by atoms with Crippen molar-refractivity contribution in [1.82, 2.24) is 0 Å². The molecule has 5 nitrogen and oxygen atoms in total. The smallest absolute Gasteiger partial charge is 0.248 e. The van der Waals surface area contributed by atoms with Gasteiger partial charge in [-0.1, -0.05) is 18.2 Å². The second kappa shape index (κ2) is 5.60. The molecular formula is C11H15NO4. The third-order valence-electron chi connectivity index (χ3n) is 2.47. The molecule has 88 valence electrons. The summed E-state index contributed by atoms with van der Waals surface area (Å²) >= 11 is 0. The number of hydrogen-bond donors (Lipinski definition) is 4. The van der Waals surface area contributed by atoms with Gasteiger partial charge in [-0.15, -0.1) is 0 Å². The van der Waals surface area contributed by atoms with E-state index in [1.165, 1.54) is 6.07 Å². The highest BCUT2D eigenvalue weighted by Crippen LogP contribution is 2.22. The van der Waals surface area contributed by atoms with Crippen molar-refractivity contribution in [2.75, 3.05) is 13.2 Å². The summed E-state index contributed by atoms with van der Waals surface area (Å²) in [5.41, 5.74) is 5.87. The van der Waals surface area contributed by atoms with Crippen LogP contribution in [0.2, 0.25) is 0 Å². The van der Waals surface area contributed by atoms with E-state index in [1.54, 1.807) is 18.2 Å². The van der Waals surface area contributed by atoms with E-state index in [4.69, 9.17) is 15.9 Å². The maximum Gasteiger partial charge on any atom is 0.248 e. The first-order valence-corrected chi connectivity index (χ1v) is 4.90. The van der Waals surface area contributed by atoms with Crippen molar-refractivity contribution in [3.05, 3.63) is 35.4 Å². The molecule has 2 unspecified atom stereocenters. The van der Waals surface area contributed by atoms with Gasteiger partial charge in [0.05, 0.1) is 19.3 Å². The van der Waals surface area contributed by atoms with Crippen LogP contribution in [-0.4, -0.2) is 40.5 Å². The van der Waals surface area contributed by atoms with E-state index in [0.717, 1.165) is 0 Å². The van der Waals surface area contributed by atoms with Crippen LogP contribution in [0.3, 0.4) is 0 Å². The number of amides is 1. The van der Waals surface area contributed by atoms with E-state index < -0.39 is 24.5 Å². The molecule has 0 fully saturated rings. The number of carbonyl (C=O) groups is 1. The van der Waals surface area contributed by atoms with Crippen molar-refractivity contribution in [3.8, 4) is 0 Å². The second-order valence-electron chi connectivity index (χ2n) is 3.49. The monoisotopic (exact) mass is 225 g/mol. The van der Waals surface area contributed by atoms with E-state index in [1.807, 2.05) is 0 Å². The summed E-state index contributed by atoms with van der Waals surface area (Å²) < 4.78 is 0. The zero-order valence-corrected chi connectivity index (χ0v) is 8.71. The molecule has 1 rings (SSSR count). The van der Waals surface area contributed by atoms with Crippen LogP contribution in [0, 0.1) is 0 Å². The Kier molecular flexibility index (Phi) is 4.42. The molecule has 5 N–H and O–H groups in total. The maximum absolute atomic E-state index is 11.1. The lowest BCUT2D eigenvalue weighted by atomic mass is 9.90. The summed E-state index contributed by atoms with van der Waals surface area (Å²) in [5, 5.41) is 27.5. The topological polar surface area (TPSA) is 104 Å². The summed E-state index contributed by atoms with van der Waals surface area (Å²) in [6.07, 6.45) is -1.12. The zero-order chi connectivity index (χ0) is 12.1. The Balaban J connectivity index is 3.14. The molecule has 0 saturated heterocycles. The summed E-state index contributed by atoms with van der Waals surface area (Å²) in [6, 6.07) is 6.43. The predicted octanol–water partition coefficient (Wildman–Crippen LogP) is -0.785. The number of nitrogens with two attached hydrogens (primary N) is 1. The van der Waals surface area contributed by atoms with E-state index >= 15 is 0 Å². The van der Waals surface area contributed by atoms with Crippen LogP contribution in [0.15, 0.2) is 24.3 Å². The first-order chi connectivity index (χ1) is 7.61. The lowest BCUT2D eigenvalue weighted by molar-refractivity contribution is 0.0523. The molecule has 2 atom stereocenters. The molecule has 0 bridgehead atoms. The molecule has 1 amide bonds. The molecule has 0 spiro atoms. The minimum absolute atomic E-state index is 0.244. The van der Waals surface area contributed by atoms with E-state index in [0.29, 0.717) is 5.56 Å². The molecule has 1 aromatic carbocycles. The van der Waals surface area contributed by atoms with Gasteiger partial charge in [-0.05, 0) is 11.6 Å². The van der Waals surface area contributed by atoms with Gasteiger partial charge in [-0.25, -0.2) is 0 Å². The van der Waals surface area contributed by atoms with E-state index in [2.05, 4.69) is 0 Å². The Morgan fingerprint density at radius 1 is 1.25 bits per heavy atom. The number of hydrogen-bond acceptors (Lipinski definition) is 4. The van der Waals surface area contributed by atoms with Crippen molar-refractivity contribution in [2.24, 2.45) is 5.73 Å². The number of carbonyl (C=O) groups excluding carboxylic acids is 1. The third kappa shape index (κ3) is 2.57. The molecule has 5 heteroatoms. The fourth-order valence-electron chi connectivity index (χ4n) is 1.60. The molecule has 0 saturated carbocycles. The summed E-state index contributed by atoms with van der Waals surface area (Å²) in [4.78, 5) is 11.1. The van der Waals surface area contributed by atoms with Gasteiger partial charge in [0, 0.05) is 11.5 Å². The van der Waals surface area contributed by atoms with Gasteiger partial charge in [0.2, 0.25) is 5.91 Å². The average molecular weight is 225 g/mol. The highest BCUT2D eigenvalue weighted by Gasteiger charge is 2.23. The standard InChI is InChI=1S/C11H15NO4/c12-11(16)8-4-2-1-3-7(8)9(5-13)10(15)6-14/h1-4,9-10,13-15H,5-6H2,(H2,12,16). The molecule has 0 aromatic heterocycles. The highest BCUT2D eigenvalue weighted by atomic mass is 16.3. The lowest BCUT2D eigenvalue weighted by Gasteiger charge is -2.21. The van der Waals surface area contributed by atoms with Crippen molar-refractivity contribution in [1.29, 1.82) is 0 Å². The lowest BCUT2D eigenvalue weighted by Crippen LogP contribution is -2.27. The van der Waals surface area contributed by atoms with Gasteiger partial charge in [-0.2, -0.15) is 0 Å². The molecule has 0 aliphatic rings. The van der Waals surface area contributed by atoms with Gasteiger partial charge in [0.25, 0.3) is 0 Å². The van der Waals surface area contributed by atoms with Gasteiger partial charge in [0.15, 0.2) is 0 Å². The second-order valence-corrected chi connectivity index (χ2v) is 3.49. The van der Waals surface area contributed by atoms with Crippen LogP contribution in [0.5, 0.6) is 0 Å². The number of primary amides is 1. The Morgan fingerprint density at radius 3 is 2.38 bits per heavy atom. The Bertz CT molecular complexity index is 367. The van der Waals surface area contributed by atoms with Crippen molar-refractivity contribution >= 4 is 5.91 Å². The first kappa shape index (κ1) is 12.6. The minimum Gasteiger partial charge on any atom is -0.396 e. The van der Waals surface area contributed by atoms with Crippen molar-refractivity contribution < 1.29 is 20.1 Å². The molecule has 16 heavy (non-hydrogen) atoms. The van der Waals surface area contributed by atoms with Crippen LogP contribution in [-0.2, 0) is 0 Å². The van der Waals surface area contributed by atoms with Gasteiger partial charge >= 0.3 is 0 Å². The number of aliphatic hydroxyl groups excluding tert-OH is 3. The predicted molar refractivity (Wildman–Crippen MR) is 57.9 cm³/mol. The van der Waals surface area contributed by atoms with Crippen LogP contribution < -0.4 is 5.73 Å². The molecule has 0 heterocycles. The quantitative estimate of drug-likeness (QED) is 0.527. The fourth-order valence-corrected chi connectivity index (χ4v) is 1.60. The van der Waals surface area contributed by atoms with E-state index in [-0.39, 0.29) is 12.2 Å². The molecular weight excluding hydrogens is 210 g/mol. The van der Waals surface area contributed by atoms with Gasteiger partial charge < -0.3 is 21.1 Å². The number of benzene rings is 1. The van der Waals surface area contributed by atoms with Crippen molar-refractivity contribution in [3.63, 3.8) is 0 Å². The first-order valence-electron chi connectivity index (χ1n) is 4.90.